The van der Waals surface area contributed by atoms with Gasteiger partial charge in [-0.15, -0.1) is 5.10 Å². The Morgan fingerprint density at radius 1 is 1.24 bits per heavy atom. The minimum atomic E-state index is -0.354. The number of amides is 1. The Hall–Kier alpha value is -4.31. The average Bonchev–Trinajstić information content (AvgIpc) is 3.23. The van der Waals surface area contributed by atoms with Crippen molar-refractivity contribution in [3.8, 4) is 17.0 Å². The van der Waals surface area contributed by atoms with Crippen molar-refractivity contribution in [2.75, 3.05) is 37.9 Å². The summed E-state index contributed by atoms with van der Waals surface area (Å²) in [5, 5.41) is 14.2. The fourth-order valence-electron chi connectivity index (χ4n) is 3.22. The summed E-state index contributed by atoms with van der Waals surface area (Å²) in [6.45, 7) is 4.69. The van der Waals surface area contributed by atoms with Crippen LogP contribution in [0.3, 0.4) is 0 Å². The zero-order valence-electron chi connectivity index (χ0n) is 18.8. The largest absolute Gasteiger partial charge is 0.490 e. The van der Waals surface area contributed by atoms with E-state index in [1.54, 1.807) is 30.3 Å². The first-order valence-corrected chi connectivity index (χ1v) is 10.5. The van der Waals surface area contributed by atoms with Gasteiger partial charge in [-0.2, -0.15) is 0 Å². The molecule has 10 heteroatoms. The minimum absolute atomic E-state index is 0.348. The van der Waals surface area contributed by atoms with E-state index in [0.717, 1.165) is 6.54 Å². The van der Waals surface area contributed by atoms with Crippen molar-refractivity contribution in [3.05, 3.63) is 73.3 Å². The lowest BCUT2D eigenvalue weighted by Crippen LogP contribution is -2.20. The predicted octanol–water partition coefficient (Wildman–Crippen LogP) is 3.74. The molecule has 2 N–H and O–H groups in total. The lowest BCUT2D eigenvalue weighted by Gasteiger charge is -2.16. The number of fused-ring (bicyclic) bond motifs is 1. The van der Waals surface area contributed by atoms with Crippen molar-refractivity contribution in [3.63, 3.8) is 0 Å². The van der Waals surface area contributed by atoms with E-state index >= 15 is 0 Å². The maximum absolute atomic E-state index is 13.7. The van der Waals surface area contributed by atoms with Gasteiger partial charge in [0.25, 0.3) is 0 Å². The smallest absolute Gasteiger partial charge is 0.247 e. The van der Waals surface area contributed by atoms with Crippen molar-refractivity contribution >= 4 is 28.6 Å². The van der Waals surface area contributed by atoms with Crippen LogP contribution in [-0.4, -0.2) is 57.9 Å². The van der Waals surface area contributed by atoms with Gasteiger partial charge < -0.3 is 20.3 Å². The SMILES string of the molecule is C=CC(=O)Nc1cc(Nc2cc3c(-c4cccc(F)c4)nnn3cn2)ccc1OCCN(C)C. The summed E-state index contributed by atoms with van der Waals surface area (Å²) in [6, 6.07) is 13.3. The third-order valence-corrected chi connectivity index (χ3v) is 4.90. The van der Waals surface area contributed by atoms with E-state index in [2.05, 4.69) is 32.5 Å². The van der Waals surface area contributed by atoms with Crippen LogP contribution in [0.2, 0.25) is 0 Å². The molecule has 174 valence electrons. The fourth-order valence-corrected chi connectivity index (χ4v) is 3.22. The third-order valence-electron chi connectivity index (χ3n) is 4.90. The van der Waals surface area contributed by atoms with Crippen molar-refractivity contribution in [2.45, 2.75) is 0 Å². The van der Waals surface area contributed by atoms with Gasteiger partial charge in [0.15, 0.2) is 0 Å². The number of nitrogens with one attached hydrogen (secondary N) is 2. The number of aromatic nitrogens is 4. The molecule has 0 saturated heterocycles. The Morgan fingerprint density at radius 2 is 2.09 bits per heavy atom. The van der Waals surface area contributed by atoms with Gasteiger partial charge in [0.05, 0.1) is 11.2 Å². The van der Waals surface area contributed by atoms with Crippen LogP contribution in [0, 0.1) is 5.82 Å². The average molecular weight is 462 g/mol. The molecule has 0 radical (unpaired) electrons. The normalized spacial score (nSPS) is 10.9. The number of hydrogen-bond donors (Lipinski definition) is 2. The summed E-state index contributed by atoms with van der Waals surface area (Å²) in [5.74, 6) is 0.362. The highest BCUT2D eigenvalue weighted by Gasteiger charge is 2.12. The van der Waals surface area contributed by atoms with Gasteiger partial charge in [-0.25, -0.2) is 13.9 Å². The first kappa shape index (κ1) is 22.9. The summed E-state index contributed by atoms with van der Waals surface area (Å²) < 4.78 is 21.1. The second kappa shape index (κ2) is 10.1. The Bertz CT molecular complexity index is 1340. The van der Waals surface area contributed by atoms with Gasteiger partial charge in [-0.3, -0.25) is 4.79 Å². The van der Waals surface area contributed by atoms with Crippen LogP contribution >= 0.6 is 0 Å². The summed E-state index contributed by atoms with van der Waals surface area (Å²) in [4.78, 5) is 18.3. The van der Waals surface area contributed by atoms with Crippen molar-refractivity contribution in [1.29, 1.82) is 0 Å². The lowest BCUT2D eigenvalue weighted by molar-refractivity contribution is -0.111. The van der Waals surface area contributed by atoms with E-state index < -0.39 is 0 Å². The number of ether oxygens (including phenoxy) is 1. The van der Waals surface area contributed by atoms with Gasteiger partial charge in [-0.1, -0.05) is 23.9 Å². The van der Waals surface area contributed by atoms with Crippen LogP contribution < -0.4 is 15.4 Å². The number of rotatable bonds is 9. The number of carbonyl (C=O) groups excluding carboxylic acids is 1. The molecule has 2 heterocycles. The Balaban J connectivity index is 1.61. The van der Waals surface area contributed by atoms with Crippen LogP contribution in [0.5, 0.6) is 5.75 Å². The number of anilines is 3. The molecular formula is C24H24FN7O2. The van der Waals surface area contributed by atoms with Crippen LogP contribution in [0.15, 0.2) is 67.5 Å². The number of hydrogen-bond acceptors (Lipinski definition) is 7. The van der Waals surface area contributed by atoms with Gasteiger partial charge >= 0.3 is 0 Å². The molecule has 0 aliphatic rings. The summed E-state index contributed by atoms with van der Waals surface area (Å²) >= 11 is 0. The van der Waals surface area contributed by atoms with Gasteiger partial charge in [0.2, 0.25) is 5.91 Å². The minimum Gasteiger partial charge on any atom is -0.490 e. The summed E-state index contributed by atoms with van der Waals surface area (Å²) in [7, 11) is 3.91. The van der Waals surface area contributed by atoms with Crippen LogP contribution in [-0.2, 0) is 4.79 Å². The molecule has 0 aliphatic heterocycles. The number of likely N-dealkylation sites (N-methyl/N-ethyl adjacent to an activating group) is 1. The van der Waals surface area contributed by atoms with E-state index in [0.29, 0.717) is 46.3 Å². The van der Waals surface area contributed by atoms with Gasteiger partial charge in [-0.05, 0) is 50.5 Å². The molecule has 0 unspecified atom stereocenters. The molecule has 4 rings (SSSR count). The molecule has 1 amide bonds. The molecule has 34 heavy (non-hydrogen) atoms. The highest BCUT2D eigenvalue weighted by Crippen LogP contribution is 2.30. The molecule has 0 atom stereocenters. The van der Waals surface area contributed by atoms with Crippen molar-refractivity contribution < 1.29 is 13.9 Å². The summed E-state index contributed by atoms with van der Waals surface area (Å²) in [5.41, 5.74) is 2.98. The number of benzene rings is 2. The highest BCUT2D eigenvalue weighted by molar-refractivity contribution is 6.00. The second-order valence-corrected chi connectivity index (χ2v) is 7.73. The van der Waals surface area contributed by atoms with Gasteiger partial charge in [0.1, 0.15) is 36.0 Å². The monoisotopic (exact) mass is 461 g/mol. The first-order chi connectivity index (χ1) is 16.4. The molecular weight excluding hydrogens is 437 g/mol. The molecule has 9 nitrogen and oxygen atoms in total. The van der Waals surface area contributed by atoms with Crippen LogP contribution in [0.1, 0.15) is 0 Å². The topological polar surface area (TPSA) is 96.7 Å². The van der Waals surface area contributed by atoms with Crippen LogP contribution in [0.25, 0.3) is 16.8 Å². The lowest BCUT2D eigenvalue weighted by atomic mass is 10.1. The Labute approximate surface area is 195 Å². The molecule has 0 aliphatic carbocycles. The molecule has 0 fully saturated rings. The molecule has 0 bridgehead atoms. The van der Waals surface area contributed by atoms with Gasteiger partial charge in [0, 0.05) is 23.9 Å². The maximum Gasteiger partial charge on any atom is 0.247 e. The first-order valence-electron chi connectivity index (χ1n) is 10.5. The zero-order chi connectivity index (χ0) is 24.1. The third kappa shape index (κ3) is 5.36. The molecule has 2 aromatic carbocycles. The van der Waals surface area contributed by atoms with E-state index in [4.69, 9.17) is 4.74 Å². The van der Waals surface area contributed by atoms with E-state index in [9.17, 15) is 9.18 Å². The standard InChI is InChI=1S/C24H24FN7O2/c1-4-23(33)28-19-13-18(8-9-21(19)34-11-10-31(2)3)27-22-14-20-24(29-30-32(20)15-26-22)16-6-5-7-17(25)12-16/h4-9,12-15,27H,1,10-11H2,2-3H3,(H,28,33). The van der Waals surface area contributed by atoms with E-state index in [1.165, 1.54) is 29.1 Å². The van der Waals surface area contributed by atoms with Crippen molar-refractivity contribution in [1.82, 2.24) is 24.7 Å². The second-order valence-electron chi connectivity index (χ2n) is 7.73. The predicted molar refractivity (Wildman–Crippen MR) is 129 cm³/mol. The molecule has 0 saturated carbocycles. The fraction of sp³-hybridized carbons (Fsp3) is 0.167. The van der Waals surface area contributed by atoms with E-state index in [-0.39, 0.29) is 11.7 Å². The zero-order valence-corrected chi connectivity index (χ0v) is 18.8. The highest BCUT2D eigenvalue weighted by atomic mass is 19.1. The Kier molecular flexibility index (Phi) is 6.79. The van der Waals surface area contributed by atoms with Crippen LogP contribution in [0.4, 0.5) is 21.6 Å². The maximum atomic E-state index is 13.7. The number of nitrogens with zero attached hydrogens (tertiary/aromatic N) is 5. The molecule has 2 aromatic heterocycles. The van der Waals surface area contributed by atoms with E-state index in [1.807, 2.05) is 25.1 Å². The van der Waals surface area contributed by atoms with Crippen molar-refractivity contribution in [2.24, 2.45) is 0 Å². The summed E-state index contributed by atoms with van der Waals surface area (Å²) in [6.07, 6.45) is 2.71. The Morgan fingerprint density at radius 3 is 2.85 bits per heavy atom. The number of carbonyl (C=O) groups is 1. The quantitative estimate of drug-likeness (QED) is 0.367. The molecule has 4 aromatic rings. The number of halogens is 1. The molecule has 0 spiro atoms.